The fourth-order valence-corrected chi connectivity index (χ4v) is 2.52. The second kappa shape index (κ2) is 6.31. The van der Waals surface area contributed by atoms with E-state index in [4.69, 9.17) is 0 Å². The molecule has 0 spiro atoms. The summed E-state index contributed by atoms with van der Waals surface area (Å²) >= 11 is 3.13. The lowest BCUT2D eigenvalue weighted by molar-refractivity contribution is 0.580. The molecule has 0 saturated carbocycles. The van der Waals surface area contributed by atoms with Crippen LogP contribution in [0.4, 0.5) is 18.9 Å². The van der Waals surface area contributed by atoms with Gasteiger partial charge in [-0.2, -0.15) is 0 Å². The van der Waals surface area contributed by atoms with Gasteiger partial charge in [0.15, 0.2) is 0 Å². The van der Waals surface area contributed by atoms with Gasteiger partial charge in [-0.05, 0) is 46.1 Å². The van der Waals surface area contributed by atoms with Crippen LogP contribution in [0.3, 0.4) is 0 Å². The van der Waals surface area contributed by atoms with Gasteiger partial charge in [0.1, 0.15) is 17.5 Å². The number of hydrogen-bond acceptors (Lipinski definition) is 1. The molecular formula is C15H13BrF3N. The van der Waals surface area contributed by atoms with Crippen LogP contribution in [0, 0.1) is 17.5 Å². The van der Waals surface area contributed by atoms with Crippen molar-refractivity contribution < 1.29 is 13.2 Å². The van der Waals surface area contributed by atoms with Crippen LogP contribution in [0.1, 0.15) is 24.9 Å². The average molecular weight is 344 g/mol. The lowest BCUT2D eigenvalue weighted by Gasteiger charge is -2.20. The zero-order chi connectivity index (χ0) is 14.7. The molecule has 0 bridgehead atoms. The fourth-order valence-electron chi connectivity index (χ4n) is 2.00. The molecule has 0 aromatic heterocycles. The van der Waals surface area contributed by atoms with Gasteiger partial charge in [0, 0.05) is 10.5 Å². The van der Waals surface area contributed by atoms with Gasteiger partial charge in [0.2, 0.25) is 0 Å². The first kappa shape index (κ1) is 14.9. The van der Waals surface area contributed by atoms with E-state index in [1.165, 1.54) is 18.2 Å². The first-order valence-electron chi connectivity index (χ1n) is 6.17. The first-order chi connectivity index (χ1) is 9.51. The Morgan fingerprint density at radius 2 is 1.85 bits per heavy atom. The van der Waals surface area contributed by atoms with Crippen LogP contribution in [0.2, 0.25) is 0 Å². The van der Waals surface area contributed by atoms with E-state index in [-0.39, 0.29) is 17.5 Å². The summed E-state index contributed by atoms with van der Waals surface area (Å²) in [7, 11) is 0. The van der Waals surface area contributed by atoms with Crippen molar-refractivity contribution in [2.75, 3.05) is 5.32 Å². The van der Waals surface area contributed by atoms with Crippen molar-refractivity contribution in [1.29, 1.82) is 0 Å². The molecule has 0 saturated heterocycles. The molecule has 2 rings (SSSR count). The topological polar surface area (TPSA) is 12.0 Å². The van der Waals surface area contributed by atoms with Crippen LogP contribution < -0.4 is 5.32 Å². The molecule has 20 heavy (non-hydrogen) atoms. The summed E-state index contributed by atoms with van der Waals surface area (Å²) in [6, 6.07) is 7.85. The molecule has 1 atom stereocenters. The van der Waals surface area contributed by atoms with Crippen molar-refractivity contribution in [2.45, 2.75) is 19.4 Å². The normalized spacial score (nSPS) is 12.2. The van der Waals surface area contributed by atoms with Crippen LogP contribution in [0.15, 0.2) is 40.9 Å². The highest BCUT2D eigenvalue weighted by Crippen LogP contribution is 2.31. The van der Waals surface area contributed by atoms with E-state index in [9.17, 15) is 13.2 Å². The SMILES string of the molecule is CCC(Nc1c(F)cc(F)cc1Br)c1cccc(F)c1. The number of rotatable bonds is 4. The number of anilines is 1. The quantitative estimate of drug-likeness (QED) is 0.780. The molecule has 0 aliphatic heterocycles. The van der Waals surface area contributed by atoms with E-state index in [0.29, 0.717) is 16.5 Å². The van der Waals surface area contributed by atoms with E-state index in [0.717, 1.165) is 6.07 Å². The van der Waals surface area contributed by atoms with Gasteiger partial charge >= 0.3 is 0 Å². The third-order valence-electron chi connectivity index (χ3n) is 2.98. The van der Waals surface area contributed by atoms with Crippen LogP contribution >= 0.6 is 15.9 Å². The second-order valence-electron chi connectivity index (χ2n) is 4.40. The summed E-state index contributed by atoms with van der Waals surface area (Å²) in [5.74, 6) is -1.69. The summed E-state index contributed by atoms with van der Waals surface area (Å²) in [5, 5.41) is 2.98. The van der Waals surface area contributed by atoms with E-state index < -0.39 is 11.6 Å². The van der Waals surface area contributed by atoms with Gasteiger partial charge in [-0.3, -0.25) is 0 Å². The lowest BCUT2D eigenvalue weighted by Crippen LogP contribution is -2.11. The maximum Gasteiger partial charge on any atom is 0.150 e. The molecule has 106 valence electrons. The minimum atomic E-state index is -0.688. The molecule has 0 radical (unpaired) electrons. The van der Waals surface area contributed by atoms with Crippen molar-refractivity contribution in [3.63, 3.8) is 0 Å². The molecule has 2 aromatic carbocycles. The monoisotopic (exact) mass is 343 g/mol. The molecule has 0 fully saturated rings. The van der Waals surface area contributed by atoms with E-state index in [2.05, 4.69) is 21.2 Å². The number of hydrogen-bond donors (Lipinski definition) is 1. The Labute approximate surface area is 123 Å². The van der Waals surface area contributed by atoms with Gasteiger partial charge in [-0.25, -0.2) is 13.2 Å². The predicted molar refractivity (Wildman–Crippen MR) is 77.1 cm³/mol. The molecule has 2 aromatic rings. The van der Waals surface area contributed by atoms with Gasteiger partial charge in [-0.1, -0.05) is 19.1 Å². The van der Waals surface area contributed by atoms with Crippen molar-refractivity contribution >= 4 is 21.6 Å². The third-order valence-corrected chi connectivity index (χ3v) is 3.61. The van der Waals surface area contributed by atoms with Gasteiger partial charge in [0.05, 0.1) is 11.7 Å². The van der Waals surface area contributed by atoms with Crippen molar-refractivity contribution in [2.24, 2.45) is 0 Å². The summed E-state index contributed by atoms with van der Waals surface area (Å²) in [6.45, 7) is 1.90. The minimum Gasteiger partial charge on any atom is -0.375 e. The Balaban J connectivity index is 2.32. The third kappa shape index (κ3) is 3.33. The molecule has 0 aliphatic rings. The van der Waals surface area contributed by atoms with Crippen LogP contribution in [-0.4, -0.2) is 0 Å². The van der Waals surface area contributed by atoms with Gasteiger partial charge in [-0.15, -0.1) is 0 Å². The zero-order valence-corrected chi connectivity index (χ0v) is 12.3. The molecule has 0 amide bonds. The van der Waals surface area contributed by atoms with E-state index >= 15 is 0 Å². The average Bonchev–Trinajstić information content (AvgIpc) is 2.38. The fraction of sp³-hybridized carbons (Fsp3) is 0.200. The molecule has 1 nitrogen and oxygen atoms in total. The van der Waals surface area contributed by atoms with Gasteiger partial charge in [0.25, 0.3) is 0 Å². The standard InChI is InChI=1S/C15H13BrF3N/c1-2-14(9-4-3-5-10(17)6-9)20-15-12(16)7-11(18)8-13(15)19/h3-8,14,20H,2H2,1H3. The number of benzene rings is 2. The van der Waals surface area contributed by atoms with Gasteiger partial charge < -0.3 is 5.32 Å². The number of halogens is 4. The lowest BCUT2D eigenvalue weighted by atomic mass is 10.0. The molecule has 1 unspecified atom stereocenters. The smallest absolute Gasteiger partial charge is 0.150 e. The summed E-state index contributed by atoms with van der Waals surface area (Å²) in [4.78, 5) is 0. The van der Waals surface area contributed by atoms with Crippen LogP contribution in [0.25, 0.3) is 0 Å². The molecule has 1 N–H and O–H groups in total. The Hall–Kier alpha value is -1.49. The van der Waals surface area contributed by atoms with Crippen molar-refractivity contribution in [3.05, 3.63) is 63.9 Å². The highest BCUT2D eigenvalue weighted by atomic mass is 79.9. The molecular weight excluding hydrogens is 331 g/mol. The maximum atomic E-state index is 13.8. The highest BCUT2D eigenvalue weighted by Gasteiger charge is 2.15. The Bertz CT molecular complexity index is 593. The van der Waals surface area contributed by atoms with Crippen molar-refractivity contribution in [1.82, 2.24) is 0 Å². The maximum absolute atomic E-state index is 13.8. The zero-order valence-electron chi connectivity index (χ0n) is 10.8. The molecule has 0 aliphatic carbocycles. The highest BCUT2D eigenvalue weighted by molar-refractivity contribution is 9.10. The van der Waals surface area contributed by atoms with Crippen LogP contribution in [-0.2, 0) is 0 Å². The Morgan fingerprint density at radius 1 is 1.10 bits per heavy atom. The molecule has 0 heterocycles. The Kier molecular flexibility index (Phi) is 4.70. The van der Waals surface area contributed by atoms with E-state index in [1.54, 1.807) is 12.1 Å². The minimum absolute atomic E-state index is 0.169. The van der Waals surface area contributed by atoms with Crippen molar-refractivity contribution in [3.8, 4) is 0 Å². The molecule has 5 heteroatoms. The first-order valence-corrected chi connectivity index (χ1v) is 6.97. The summed E-state index contributed by atoms with van der Waals surface area (Å²) in [5.41, 5.74) is 0.880. The largest absolute Gasteiger partial charge is 0.375 e. The Morgan fingerprint density at radius 3 is 2.45 bits per heavy atom. The van der Waals surface area contributed by atoms with E-state index in [1.807, 2.05) is 6.92 Å². The summed E-state index contributed by atoms with van der Waals surface area (Å²) < 4.78 is 40.4. The van der Waals surface area contributed by atoms with Crippen LogP contribution in [0.5, 0.6) is 0 Å². The number of nitrogens with one attached hydrogen (secondary N) is 1. The second-order valence-corrected chi connectivity index (χ2v) is 5.26. The summed E-state index contributed by atoms with van der Waals surface area (Å²) in [6.07, 6.45) is 0.632. The predicted octanol–water partition coefficient (Wildman–Crippen LogP) is 5.43.